The van der Waals surface area contributed by atoms with Crippen molar-refractivity contribution in [2.75, 3.05) is 45.2 Å². The van der Waals surface area contributed by atoms with Gasteiger partial charge in [0.1, 0.15) is 5.69 Å². The van der Waals surface area contributed by atoms with Crippen LogP contribution in [0.4, 0.5) is 17.3 Å². The number of aryl methyl sites for hydroxylation is 2. The fraction of sp³-hybridized carbons (Fsp3) is 0.640. The molecule has 0 amide bonds. The summed E-state index contributed by atoms with van der Waals surface area (Å²) < 4.78 is 5.62. The van der Waals surface area contributed by atoms with Crippen LogP contribution in [0.2, 0.25) is 0 Å². The molecule has 1 saturated heterocycles. The van der Waals surface area contributed by atoms with E-state index in [0.29, 0.717) is 0 Å². The second kappa shape index (κ2) is 13.3. The first-order valence-corrected chi connectivity index (χ1v) is 12.2. The smallest absolute Gasteiger partial charge is 0.360 e. The zero-order valence-corrected chi connectivity index (χ0v) is 22.9. The van der Waals surface area contributed by atoms with Crippen LogP contribution in [-0.4, -0.2) is 49.3 Å². The lowest BCUT2D eigenvalue weighted by atomic mass is 10.2. The zero-order chi connectivity index (χ0) is 22.1. The maximum Gasteiger partial charge on any atom is 0.421 e. The van der Waals surface area contributed by atoms with Gasteiger partial charge in [0.25, 0.3) is 0 Å². The molecule has 0 radical (unpaired) electrons. The number of likely N-dealkylation sites (N-methyl/N-ethyl adjacent to an activating group) is 1. The van der Waals surface area contributed by atoms with E-state index >= 15 is 0 Å². The molecule has 0 bridgehead atoms. The Balaban J connectivity index is 0.00000363. The lowest BCUT2D eigenvalue weighted by Crippen LogP contribution is -2.54. The first-order valence-electron chi connectivity index (χ1n) is 12.2. The minimum atomic E-state index is 0. The molecule has 6 nitrogen and oxygen atoms in total. The van der Waals surface area contributed by atoms with Gasteiger partial charge in [-0.2, -0.15) is 0 Å². The summed E-state index contributed by atoms with van der Waals surface area (Å²) in [5.41, 5.74) is 2.20. The Morgan fingerprint density at radius 1 is 0.906 bits per heavy atom. The van der Waals surface area contributed by atoms with Crippen molar-refractivity contribution >= 4 is 41.3 Å². The van der Waals surface area contributed by atoms with Gasteiger partial charge in [0.15, 0.2) is 0 Å². The molecule has 2 heterocycles. The number of hydrogen-bond acceptors (Lipinski definition) is 3. The number of aromatic nitrogens is 2. The third-order valence-electron chi connectivity index (χ3n) is 6.37. The number of nitrogens with zero attached hydrogens (tertiary/aromatic N) is 6. The minimum Gasteiger partial charge on any atom is -0.360 e. The van der Waals surface area contributed by atoms with E-state index in [4.69, 9.17) is 0 Å². The Labute approximate surface area is 211 Å². The molecule has 0 N–H and O–H groups in total. The summed E-state index contributed by atoms with van der Waals surface area (Å²) in [7, 11) is 4.63. The van der Waals surface area contributed by atoms with E-state index in [-0.39, 0.29) is 24.0 Å². The molecular formula is C25H43IN6+2. The number of quaternary nitrogens is 1. The molecule has 7 heteroatoms. The second-order valence-electron chi connectivity index (χ2n) is 9.49. The number of anilines is 1. The van der Waals surface area contributed by atoms with Crippen LogP contribution in [0.1, 0.15) is 52.4 Å². The van der Waals surface area contributed by atoms with E-state index < -0.39 is 0 Å². The number of rotatable bonds is 11. The first-order chi connectivity index (χ1) is 15.0. The lowest BCUT2D eigenvalue weighted by molar-refractivity contribution is -0.890. The highest BCUT2D eigenvalue weighted by Crippen LogP contribution is 2.23. The fourth-order valence-electron chi connectivity index (χ4n) is 4.08. The van der Waals surface area contributed by atoms with E-state index in [1.54, 1.807) is 0 Å². The molecule has 0 spiro atoms. The second-order valence-corrected chi connectivity index (χ2v) is 9.49. The maximum atomic E-state index is 4.69. The summed E-state index contributed by atoms with van der Waals surface area (Å²) in [6.07, 6.45) is 11.6. The Morgan fingerprint density at radius 3 is 2.22 bits per heavy atom. The summed E-state index contributed by atoms with van der Waals surface area (Å²) in [6, 6.07) is 8.57. The molecule has 32 heavy (non-hydrogen) atoms. The van der Waals surface area contributed by atoms with Crippen LogP contribution in [0.15, 0.2) is 46.9 Å². The Bertz CT molecular complexity index is 790. The van der Waals surface area contributed by atoms with Gasteiger partial charge in [0.05, 0.1) is 65.8 Å². The Morgan fingerprint density at radius 2 is 1.56 bits per heavy atom. The van der Waals surface area contributed by atoms with E-state index in [1.165, 1.54) is 57.3 Å². The highest BCUT2D eigenvalue weighted by molar-refractivity contribution is 14.0. The van der Waals surface area contributed by atoms with Crippen LogP contribution in [0, 0.1) is 0 Å². The molecule has 0 saturated carbocycles. The normalized spacial score (nSPS) is 15.8. The van der Waals surface area contributed by atoms with Gasteiger partial charge in [-0.3, -0.25) is 0 Å². The van der Waals surface area contributed by atoms with Crippen molar-refractivity contribution in [3.05, 3.63) is 36.7 Å². The van der Waals surface area contributed by atoms with Crippen LogP contribution >= 0.6 is 24.0 Å². The molecule has 0 atom stereocenters. The van der Waals surface area contributed by atoms with E-state index in [1.807, 2.05) is 0 Å². The van der Waals surface area contributed by atoms with Crippen molar-refractivity contribution in [1.82, 2.24) is 4.57 Å². The first kappa shape index (κ1) is 26.8. The third kappa shape index (κ3) is 7.83. The Kier molecular flexibility index (Phi) is 11.1. The van der Waals surface area contributed by atoms with Gasteiger partial charge in [-0.25, -0.2) is 9.13 Å². The summed E-state index contributed by atoms with van der Waals surface area (Å²) in [5.74, 6) is 0.965. The number of unbranched alkanes of at least 4 members (excludes halogenated alkanes) is 4. The molecule has 1 aliphatic heterocycles. The van der Waals surface area contributed by atoms with Gasteiger partial charge in [0, 0.05) is 10.8 Å². The molecule has 3 rings (SSSR count). The topological polar surface area (TPSA) is 36.8 Å². The Hall–Kier alpha value is -1.48. The maximum absolute atomic E-state index is 4.69. The number of halogens is 1. The van der Waals surface area contributed by atoms with Crippen LogP contribution in [0.25, 0.3) is 0 Å². The highest BCUT2D eigenvalue weighted by atomic mass is 127. The van der Waals surface area contributed by atoms with Gasteiger partial charge in [-0.15, -0.1) is 24.0 Å². The molecule has 178 valence electrons. The van der Waals surface area contributed by atoms with Gasteiger partial charge < -0.3 is 9.38 Å². The van der Waals surface area contributed by atoms with Gasteiger partial charge in [-0.1, -0.05) is 44.6 Å². The van der Waals surface area contributed by atoms with Crippen LogP contribution in [-0.2, 0) is 13.1 Å². The minimum absolute atomic E-state index is 0. The number of azo groups is 1. The molecule has 1 fully saturated rings. The van der Waals surface area contributed by atoms with Crippen LogP contribution in [0.3, 0.4) is 0 Å². The zero-order valence-electron chi connectivity index (χ0n) is 20.5. The summed E-state index contributed by atoms with van der Waals surface area (Å²) in [4.78, 5) is 2.48. The lowest BCUT2D eigenvalue weighted by Gasteiger charge is -2.40. The largest absolute Gasteiger partial charge is 0.421 e. The summed E-state index contributed by atoms with van der Waals surface area (Å²) in [6.45, 7) is 11.1. The van der Waals surface area contributed by atoms with Gasteiger partial charge in [-0.05, 0) is 37.1 Å². The average molecular weight is 555 g/mol. The quantitative estimate of drug-likeness (QED) is 0.109. The molecule has 1 aromatic heterocycles. The van der Waals surface area contributed by atoms with Crippen molar-refractivity contribution < 1.29 is 9.05 Å². The van der Waals surface area contributed by atoms with Crippen LogP contribution < -0.4 is 9.47 Å². The molecular weight excluding hydrogens is 511 g/mol. The van der Waals surface area contributed by atoms with Crippen molar-refractivity contribution in [2.24, 2.45) is 10.2 Å². The molecule has 0 aliphatic carbocycles. The average Bonchev–Trinajstić information content (AvgIpc) is 3.15. The molecule has 1 aliphatic rings. The fourth-order valence-corrected chi connectivity index (χ4v) is 4.08. The third-order valence-corrected chi connectivity index (χ3v) is 6.37. The molecule has 0 unspecified atom stereocenters. The molecule has 2 aromatic rings. The van der Waals surface area contributed by atoms with E-state index in [2.05, 4.69) is 88.9 Å². The SMILES string of the molecule is CCCCCn1cc[n+](CCCCC)c1/N=N/c1ccc(N2CC[N+](C)(C)CC2)cc1.I. The van der Waals surface area contributed by atoms with Crippen molar-refractivity contribution in [1.29, 1.82) is 0 Å². The van der Waals surface area contributed by atoms with Crippen molar-refractivity contribution in [3.8, 4) is 0 Å². The number of piperazine rings is 1. The summed E-state index contributed by atoms with van der Waals surface area (Å²) >= 11 is 0. The van der Waals surface area contributed by atoms with Gasteiger partial charge >= 0.3 is 5.95 Å². The van der Waals surface area contributed by atoms with Crippen LogP contribution in [0.5, 0.6) is 0 Å². The van der Waals surface area contributed by atoms with E-state index in [0.717, 1.165) is 42.3 Å². The highest BCUT2D eigenvalue weighted by Gasteiger charge is 2.24. The molecule has 1 aromatic carbocycles. The number of hydrogen-bond donors (Lipinski definition) is 0. The predicted octanol–water partition coefficient (Wildman–Crippen LogP) is 6.09. The van der Waals surface area contributed by atoms with Gasteiger partial charge in [0.2, 0.25) is 0 Å². The number of benzene rings is 1. The summed E-state index contributed by atoms with van der Waals surface area (Å²) in [5, 5.41) is 9.29. The van der Waals surface area contributed by atoms with Crippen molar-refractivity contribution in [3.63, 3.8) is 0 Å². The standard InChI is InChI=1S/C25H42N6.HI/c1-5-7-9-15-29-17-18-30(16-10-8-6-2)25(29)27-26-23-11-13-24(14-12-23)28-19-21-31(3,4)22-20-28;/h11-14,17-18H,5-10,15-16,19-22H2,1-4H3;1H/q+2;. The van der Waals surface area contributed by atoms with E-state index in [9.17, 15) is 0 Å². The predicted molar refractivity (Wildman–Crippen MR) is 144 cm³/mol. The monoisotopic (exact) mass is 554 g/mol. The van der Waals surface area contributed by atoms with Crippen molar-refractivity contribution in [2.45, 2.75) is 65.5 Å². The number of imidazole rings is 1.